The van der Waals surface area contributed by atoms with Gasteiger partial charge in [-0.25, -0.2) is 0 Å². The van der Waals surface area contributed by atoms with Gasteiger partial charge in [0.1, 0.15) is 5.60 Å². The van der Waals surface area contributed by atoms with E-state index < -0.39 is 41.4 Å². The summed E-state index contributed by atoms with van der Waals surface area (Å²) in [4.78, 5) is 32.0. The first kappa shape index (κ1) is 33.3. The van der Waals surface area contributed by atoms with Gasteiger partial charge in [0, 0.05) is 62.6 Å². The number of halogens is 5. The highest BCUT2D eigenvalue weighted by Gasteiger charge is 2.79. The van der Waals surface area contributed by atoms with Crippen LogP contribution in [0.25, 0.3) is 0 Å². The monoisotopic (exact) mass is 649 g/mol. The van der Waals surface area contributed by atoms with Crippen molar-refractivity contribution in [3.05, 3.63) is 58.2 Å². The Labute approximate surface area is 267 Å². The molecule has 5 aliphatic rings. The lowest BCUT2D eigenvalue weighted by Gasteiger charge is -2.56. The van der Waals surface area contributed by atoms with Crippen LogP contribution in [0.1, 0.15) is 73.7 Å². The van der Waals surface area contributed by atoms with Crippen LogP contribution in [0.15, 0.2) is 47.1 Å². The van der Waals surface area contributed by atoms with Crippen LogP contribution < -0.4 is 0 Å². The number of aliphatic hydroxyl groups is 1. The lowest BCUT2D eigenvalue weighted by Crippen LogP contribution is -2.65. The van der Waals surface area contributed by atoms with Crippen molar-refractivity contribution in [2.45, 2.75) is 75.5 Å². The van der Waals surface area contributed by atoms with E-state index in [4.69, 9.17) is 0 Å². The number of ketones is 1. The van der Waals surface area contributed by atoms with Gasteiger partial charge in [-0.1, -0.05) is 24.6 Å². The summed E-state index contributed by atoms with van der Waals surface area (Å²) in [6.07, 6.45) is -2.95. The second-order valence-corrected chi connectivity index (χ2v) is 14.5. The van der Waals surface area contributed by atoms with Crippen molar-refractivity contribution in [2.24, 2.45) is 17.3 Å². The number of hydrogen-bond donors (Lipinski definition) is 1. The highest BCUT2D eigenvalue weighted by molar-refractivity contribution is 5.94. The van der Waals surface area contributed by atoms with Crippen LogP contribution in [0, 0.1) is 17.3 Å². The van der Waals surface area contributed by atoms with Gasteiger partial charge in [-0.15, -0.1) is 0 Å². The molecule has 0 aromatic heterocycles. The van der Waals surface area contributed by atoms with Crippen LogP contribution >= 0.6 is 0 Å². The van der Waals surface area contributed by atoms with Crippen molar-refractivity contribution in [2.75, 3.05) is 53.4 Å². The average molecular weight is 650 g/mol. The largest absolute Gasteiger partial charge is 0.456 e. The molecule has 1 saturated heterocycles. The molecule has 46 heavy (non-hydrogen) atoms. The van der Waals surface area contributed by atoms with E-state index in [9.17, 15) is 27.9 Å². The number of rotatable bonds is 6. The minimum Gasteiger partial charge on any atom is -0.383 e. The van der Waals surface area contributed by atoms with Gasteiger partial charge in [0.2, 0.25) is 0 Å². The van der Waals surface area contributed by atoms with Crippen molar-refractivity contribution >= 4 is 11.7 Å². The summed E-state index contributed by atoms with van der Waals surface area (Å²) in [5.74, 6) is -6.71. The number of amides is 1. The van der Waals surface area contributed by atoms with Crippen LogP contribution in [-0.4, -0.2) is 103 Å². The van der Waals surface area contributed by atoms with Crippen LogP contribution in [0.2, 0.25) is 0 Å². The summed E-state index contributed by atoms with van der Waals surface area (Å²) in [6, 6.07) is 7.03. The Bertz CT molecular complexity index is 1430. The SMILES string of the molecule is CN(C)CCN1CCN(C(=O)c2ccc([C@H]3C[C@@]4(C)[C@@H](CC[C@]4(O)C(F)(F)C(F)(F)F)[C@@H]4CCC5=CC(=O)CCC5=C43)cc2)CC1. The Balaban J connectivity index is 1.32. The Hall–Kier alpha value is -2.63. The molecule has 0 bridgehead atoms. The maximum Gasteiger partial charge on any atom is 0.456 e. The second-order valence-electron chi connectivity index (χ2n) is 14.5. The zero-order chi connectivity index (χ0) is 33.2. The smallest absolute Gasteiger partial charge is 0.383 e. The minimum atomic E-state index is -5.89. The number of carbonyl (C=O) groups excluding carboxylic acids is 2. The molecule has 1 amide bonds. The fourth-order valence-electron chi connectivity index (χ4n) is 9.27. The van der Waals surface area contributed by atoms with E-state index in [0.29, 0.717) is 44.3 Å². The molecule has 1 N–H and O–H groups in total. The first-order valence-electron chi connectivity index (χ1n) is 16.5. The van der Waals surface area contributed by atoms with Crippen molar-refractivity contribution in [1.82, 2.24) is 14.7 Å². The molecule has 4 aliphatic carbocycles. The summed E-state index contributed by atoms with van der Waals surface area (Å²) in [7, 11) is 4.05. The molecule has 6 rings (SSSR count). The van der Waals surface area contributed by atoms with E-state index >= 15 is 8.78 Å². The number of piperazine rings is 1. The van der Waals surface area contributed by atoms with Crippen LogP contribution in [0.4, 0.5) is 22.0 Å². The summed E-state index contributed by atoms with van der Waals surface area (Å²) in [6.45, 7) is 6.06. The third-order valence-corrected chi connectivity index (χ3v) is 11.8. The van der Waals surface area contributed by atoms with Crippen molar-refractivity contribution < 1.29 is 36.6 Å². The van der Waals surface area contributed by atoms with Gasteiger partial charge in [0.25, 0.3) is 5.91 Å². The summed E-state index contributed by atoms with van der Waals surface area (Å²) >= 11 is 0. The van der Waals surface area contributed by atoms with E-state index in [1.165, 1.54) is 6.92 Å². The lowest BCUT2D eigenvalue weighted by atomic mass is 9.50. The number of hydrogen-bond acceptors (Lipinski definition) is 5. The molecule has 6 nitrogen and oxygen atoms in total. The Morgan fingerprint density at radius 1 is 1.00 bits per heavy atom. The molecule has 252 valence electrons. The summed E-state index contributed by atoms with van der Waals surface area (Å²) in [5, 5.41) is 11.5. The molecule has 1 aliphatic heterocycles. The number of likely N-dealkylation sites (N-methyl/N-ethyl adjacent to an activating group) is 1. The maximum atomic E-state index is 15.2. The quantitative estimate of drug-likeness (QED) is 0.393. The number of allylic oxidation sites excluding steroid dienone is 4. The van der Waals surface area contributed by atoms with E-state index in [1.54, 1.807) is 30.3 Å². The predicted molar refractivity (Wildman–Crippen MR) is 164 cm³/mol. The van der Waals surface area contributed by atoms with Gasteiger partial charge < -0.3 is 14.9 Å². The minimum absolute atomic E-state index is 0.0384. The van der Waals surface area contributed by atoms with Gasteiger partial charge in [-0.05, 0) is 99.4 Å². The molecule has 5 atom stereocenters. The number of benzene rings is 1. The molecule has 0 radical (unpaired) electrons. The molecule has 0 unspecified atom stereocenters. The highest BCUT2D eigenvalue weighted by Crippen LogP contribution is 2.70. The second kappa shape index (κ2) is 11.8. The number of fused-ring (bicyclic) bond motifs is 4. The van der Waals surface area contributed by atoms with E-state index in [2.05, 4.69) is 9.80 Å². The molecular formula is C35H44F5N3O3. The summed E-state index contributed by atoms with van der Waals surface area (Å²) in [5.41, 5.74) is -0.777. The molecule has 11 heteroatoms. The van der Waals surface area contributed by atoms with Gasteiger partial charge >= 0.3 is 12.1 Å². The van der Waals surface area contributed by atoms with E-state index in [0.717, 1.165) is 48.5 Å². The zero-order valence-electron chi connectivity index (χ0n) is 26.8. The molecule has 1 aromatic carbocycles. The van der Waals surface area contributed by atoms with Gasteiger partial charge in [0.15, 0.2) is 5.78 Å². The van der Waals surface area contributed by atoms with Crippen LogP contribution in [-0.2, 0) is 4.79 Å². The lowest BCUT2D eigenvalue weighted by molar-refractivity contribution is -0.362. The van der Waals surface area contributed by atoms with Gasteiger partial charge in [-0.3, -0.25) is 14.5 Å². The van der Waals surface area contributed by atoms with Crippen LogP contribution in [0.5, 0.6) is 0 Å². The molecule has 1 heterocycles. The standard InChI is InChI=1S/C35H44F5N3O3/c1-32-21-28(22-4-6-23(7-5-22)31(45)43-18-16-42(17-19-43)15-14-41(2)3)30-26-11-9-25(44)20-24(26)8-10-27(30)29(32)12-13-33(32,46)34(36,37)35(38,39)40/h4-7,20,27-29,46H,8-19,21H2,1-3H3/t27-,28+,29-,32-,33+/m0/s1. The third kappa shape index (κ3) is 5.34. The fraction of sp³-hybridized carbons (Fsp3) is 0.657. The first-order valence-corrected chi connectivity index (χ1v) is 16.5. The Kier molecular flexibility index (Phi) is 8.54. The first-order chi connectivity index (χ1) is 21.6. The van der Waals surface area contributed by atoms with Crippen molar-refractivity contribution in [3.63, 3.8) is 0 Å². The maximum absolute atomic E-state index is 15.2. The van der Waals surface area contributed by atoms with Crippen LogP contribution in [0.3, 0.4) is 0 Å². The third-order valence-electron chi connectivity index (χ3n) is 11.8. The number of nitrogens with zero attached hydrogens (tertiary/aromatic N) is 3. The predicted octanol–water partition coefficient (Wildman–Crippen LogP) is 5.83. The van der Waals surface area contributed by atoms with Gasteiger partial charge in [0.05, 0.1) is 0 Å². The van der Waals surface area contributed by atoms with Crippen molar-refractivity contribution in [1.29, 1.82) is 0 Å². The Morgan fingerprint density at radius 2 is 1.67 bits per heavy atom. The summed E-state index contributed by atoms with van der Waals surface area (Å²) < 4.78 is 72.0. The molecule has 1 aromatic rings. The molecule has 2 saturated carbocycles. The molecule has 0 spiro atoms. The number of carbonyl (C=O) groups is 2. The van der Waals surface area contributed by atoms with E-state index in [-0.39, 0.29) is 30.4 Å². The molecule has 3 fully saturated rings. The zero-order valence-corrected chi connectivity index (χ0v) is 26.8. The van der Waals surface area contributed by atoms with Gasteiger partial charge in [-0.2, -0.15) is 22.0 Å². The van der Waals surface area contributed by atoms with E-state index in [1.807, 2.05) is 19.0 Å². The Morgan fingerprint density at radius 3 is 2.30 bits per heavy atom. The fourth-order valence-corrected chi connectivity index (χ4v) is 9.27. The normalized spacial score (nSPS) is 32.3. The highest BCUT2D eigenvalue weighted by atomic mass is 19.4. The van der Waals surface area contributed by atoms with Crippen molar-refractivity contribution in [3.8, 4) is 0 Å². The number of alkyl halides is 5. The molecular weight excluding hydrogens is 605 g/mol. The average Bonchev–Trinajstić information content (AvgIpc) is 3.30. The topological polar surface area (TPSA) is 64.1 Å².